The minimum absolute atomic E-state index is 0.167. The normalized spacial score (nSPS) is 16.4. The van der Waals surface area contributed by atoms with Crippen LogP contribution in [-0.2, 0) is 11.2 Å². The van der Waals surface area contributed by atoms with E-state index in [2.05, 4.69) is 25.3 Å². The van der Waals surface area contributed by atoms with Crippen molar-refractivity contribution in [1.82, 2.24) is 15.1 Å². The van der Waals surface area contributed by atoms with Gasteiger partial charge in [-0.3, -0.25) is 9.89 Å². The van der Waals surface area contributed by atoms with Crippen molar-refractivity contribution in [3.63, 3.8) is 0 Å². The molecule has 1 aromatic heterocycles. The first-order valence-electron chi connectivity index (χ1n) is 11.7. The van der Waals surface area contributed by atoms with Gasteiger partial charge in [0.05, 0.1) is 16.8 Å². The smallest absolute Gasteiger partial charge is 0.258 e. The van der Waals surface area contributed by atoms with Gasteiger partial charge in [-0.2, -0.15) is 5.10 Å². The molecule has 1 amide bonds. The molecule has 0 radical (unpaired) electrons. The molecule has 4 aromatic rings. The van der Waals surface area contributed by atoms with Crippen LogP contribution in [0.2, 0.25) is 0 Å². The fourth-order valence-corrected chi connectivity index (χ4v) is 4.66. The summed E-state index contributed by atoms with van der Waals surface area (Å²) < 4.78 is 32.9. The topological polar surface area (TPSA) is 73.5 Å². The summed E-state index contributed by atoms with van der Waals surface area (Å²) in [5.41, 5.74) is 3.42. The number of hydrogen-bond donors (Lipinski definition) is 2. The van der Waals surface area contributed by atoms with Crippen LogP contribution in [0.5, 0.6) is 0 Å². The first-order valence-corrected chi connectivity index (χ1v) is 11.7. The third kappa shape index (κ3) is 4.93. The lowest BCUT2D eigenvalue weighted by Gasteiger charge is -2.41. The number of nitrogens with zero attached hydrogens (tertiary/aromatic N) is 3. The van der Waals surface area contributed by atoms with Crippen LogP contribution in [0.25, 0.3) is 10.9 Å². The van der Waals surface area contributed by atoms with E-state index in [0.717, 1.165) is 42.5 Å². The predicted octanol–water partition coefficient (Wildman–Crippen LogP) is 4.41. The molecule has 3 aromatic carbocycles. The Bertz CT molecular complexity index is 1390. The van der Waals surface area contributed by atoms with Gasteiger partial charge in [-0.15, -0.1) is 0 Å². The van der Waals surface area contributed by atoms with Gasteiger partial charge in [0.15, 0.2) is 5.82 Å². The largest absolute Gasteiger partial charge is 0.360 e. The molecule has 1 atom stereocenters. The Kier molecular flexibility index (Phi) is 6.67. The van der Waals surface area contributed by atoms with Crippen LogP contribution in [0.4, 0.5) is 20.3 Å². The Morgan fingerprint density at radius 1 is 1.08 bits per heavy atom. The van der Waals surface area contributed by atoms with Crippen molar-refractivity contribution in [2.45, 2.75) is 12.6 Å². The van der Waals surface area contributed by atoms with Gasteiger partial charge in [0, 0.05) is 38.2 Å². The summed E-state index contributed by atoms with van der Waals surface area (Å²) in [5.74, 6) is -1.13. The molecule has 9 heteroatoms. The molecule has 186 valence electrons. The number of hydrogen-bond acceptors (Lipinski definition) is 5. The molecule has 7 nitrogen and oxygen atoms in total. The maximum absolute atomic E-state index is 13.6. The molecule has 5 rings (SSSR count). The number of benzene rings is 3. The van der Waals surface area contributed by atoms with Gasteiger partial charge in [-0.05, 0) is 61.0 Å². The highest BCUT2D eigenvalue weighted by molar-refractivity contribution is 6.10. The number of rotatable bonds is 6. The summed E-state index contributed by atoms with van der Waals surface area (Å²) in [5, 5.41) is 10.9. The third-order valence-electron chi connectivity index (χ3n) is 6.46. The average Bonchev–Trinajstić information content (AvgIpc) is 3.25. The molecule has 2 heterocycles. The number of anilines is 2. The number of likely N-dealkylation sites (N-methyl/N-ethyl adjacent to an activating group) is 1. The van der Waals surface area contributed by atoms with E-state index in [1.54, 1.807) is 13.2 Å². The molecule has 0 bridgehead atoms. The van der Waals surface area contributed by atoms with E-state index in [0.29, 0.717) is 28.8 Å². The number of carbonyl (C=O) groups is 1. The molecule has 1 unspecified atom stereocenters. The van der Waals surface area contributed by atoms with Crippen LogP contribution >= 0.6 is 0 Å². The standard InChI is InChI=1S/C27H27F2N5O2/c1-33-9-10-34(25(16-33)36-2)24-6-4-3-5-21(24)27(35)30-26-22-14-17(7-8-23(22)31-32-26)11-18-12-19(28)15-20(29)13-18/h3-8,12-15,25H,9-11,16H2,1-2H3,(H2,30,31,32,35). The van der Waals surface area contributed by atoms with Crippen LogP contribution < -0.4 is 10.2 Å². The van der Waals surface area contributed by atoms with Crippen molar-refractivity contribution in [2.24, 2.45) is 0 Å². The highest BCUT2D eigenvalue weighted by atomic mass is 19.1. The molecular formula is C27H27F2N5O2. The summed E-state index contributed by atoms with van der Waals surface area (Å²) in [7, 11) is 3.72. The lowest BCUT2D eigenvalue weighted by molar-refractivity contribution is 0.0497. The zero-order chi connectivity index (χ0) is 25.2. The van der Waals surface area contributed by atoms with Gasteiger partial charge in [0.2, 0.25) is 0 Å². The number of fused-ring (bicyclic) bond motifs is 1. The second kappa shape index (κ2) is 10.0. The van der Waals surface area contributed by atoms with E-state index in [4.69, 9.17) is 4.74 Å². The van der Waals surface area contributed by atoms with E-state index >= 15 is 0 Å². The average molecular weight is 492 g/mol. The third-order valence-corrected chi connectivity index (χ3v) is 6.46. The number of aromatic nitrogens is 2. The Balaban J connectivity index is 1.41. The fourth-order valence-electron chi connectivity index (χ4n) is 4.66. The van der Waals surface area contributed by atoms with Crippen LogP contribution in [-0.4, -0.2) is 61.0 Å². The molecule has 0 saturated carbocycles. The molecule has 1 saturated heterocycles. The van der Waals surface area contributed by atoms with E-state index in [1.807, 2.05) is 43.4 Å². The number of amides is 1. The van der Waals surface area contributed by atoms with Gasteiger partial charge < -0.3 is 19.9 Å². The SMILES string of the molecule is COC1CN(C)CCN1c1ccccc1C(=O)Nc1n[nH]c2ccc(Cc3cc(F)cc(F)c3)cc12. The number of methoxy groups -OCH3 is 1. The highest BCUT2D eigenvalue weighted by Gasteiger charge is 2.28. The number of H-pyrrole nitrogens is 1. The molecule has 0 spiro atoms. The first-order chi connectivity index (χ1) is 17.4. The maximum atomic E-state index is 13.6. The summed E-state index contributed by atoms with van der Waals surface area (Å²) in [4.78, 5) is 17.7. The number of ether oxygens (including phenoxy) is 1. The quantitative estimate of drug-likeness (QED) is 0.418. The zero-order valence-electron chi connectivity index (χ0n) is 20.1. The highest BCUT2D eigenvalue weighted by Crippen LogP contribution is 2.28. The van der Waals surface area contributed by atoms with Gasteiger partial charge >= 0.3 is 0 Å². The van der Waals surface area contributed by atoms with Gasteiger partial charge in [0.1, 0.15) is 17.9 Å². The van der Waals surface area contributed by atoms with Gasteiger partial charge in [-0.1, -0.05) is 18.2 Å². The van der Waals surface area contributed by atoms with Crippen LogP contribution in [0.15, 0.2) is 60.7 Å². The molecular weight excluding hydrogens is 464 g/mol. The summed E-state index contributed by atoms with van der Waals surface area (Å²) >= 11 is 0. The van der Waals surface area contributed by atoms with E-state index < -0.39 is 11.6 Å². The molecule has 1 aliphatic rings. The molecule has 2 N–H and O–H groups in total. The lowest BCUT2D eigenvalue weighted by atomic mass is 10.0. The number of para-hydroxylation sites is 1. The van der Waals surface area contributed by atoms with E-state index in [9.17, 15) is 13.6 Å². The lowest BCUT2D eigenvalue weighted by Crippen LogP contribution is -2.53. The van der Waals surface area contributed by atoms with Crippen molar-refractivity contribution in [2.75, 3.05) is 44.0 Å². The minimum Gasteiger partial charge on any atom is -0.360 e. The minimum atomic E-state index is -0.614. The Hall–Kier alpha value is -3.82. The number of halogens is 2. The van der Waals surface area contributed by atoms with Crippen LogP contribution in [0.1, 0.15) is 21.5 Å². The van der Waals surface area contributed by atoms with Crippen molar-refractivity contribution in [3.05, 3.63) is 89.0 Å². The summed E-state index contributed by atoms with van der Waals surface area (Å²) in [6, 6.07) is 16.5. The number of aromatic amines is 1. The van der Waals surface area contributed by atoms with Gasteiger partial charge in [-0.25, -0.2) is 8.78 Å². The van der Waals surface area contributed by atoms with Crippen LogP contribution in [0.3, 0.4) is 0 Å². The Morgan fingerprint density at radius 3 is 2.64 bits per heavy atom. The Morgan fingerprint density at radius 2 is 1.86 bits per heavy atom. The number of piperazine rings is 1. The zero-order valence-corrected chi connectivity index (χ0v) is 20.1. The second-order valence-electron chi connectivity index (χ2n) is 9.02. The molecule has 1 aliphatic heterocycles. The first kappa shape index (κ1) is 23.9. The molecule has 1 fully saturated rings. The van der Waals surface area contributed by atoms with E-state index in [1.165, 1.54) is 12.1 Å². The van der Waals surface area contributed by atoms with Crippen molar-refractivity contribution < 1.29 is 18.3 Å². The number of nitrogens with one attached hydrogen (secondary N) is 2. The second-order valence-corrected chi connectivity index (χ2v) is 9.02. The van der Waals surface area contributed by atoms with Crippen molar-refractivity contribution in [3.8, 4) is 0 Å². The summed E-state index contributed by atoms with van der Waals surface area (Å²) in [6.07, 6.45) is 0.174. The Labute approximate surface area is 207 Å². The molecule has 36 heavy (non-hydrogen) atoms. The monoisotopic (exact) mass is 491 g/mol. The molecule has 0 aliphatic carbocycles. The fraction of sp³-hybridized carbons (Fsp3) is 0.259. The summed E-state index contributed by atoms with van der Waals surface area (Å²) in [6.45, 7) is 2.32. The number of carbonyl (C=O) groups excluding carboxylic acids is 1. The van der Waals surface area contributed by atoms with Crippen molar-refractivity contribution in [1.29, 1.82) is 0 Å². The van der Waals surface area contributed by atoms with Crippen LogP contribution in [0, 0.1) is 11.6 Å². The van der Waals surface area contributed by atoms with Crippen molar-refractivity contribution >= 4 is 28.3 Å². The predicted molar refractivity (Wildman–Crippen MR) is 135 cm³/mol. The van der Waals surface area contributed by atoms with E-state index in [-0.39, 0.29) is 12.1 Å². The van der Waals surface area contributed by atoms with Gasteiger partial charge in [0.25, 0.3) is 5.91 Å². The maximum Gasteiger partial charge on any atom is 0.258 e.